The number of urea groups is 1. The summed E-state index contributed by atoms with van der Waals surface area (Å²) in [6, 6.07) is -0.361. The molecule has 0 aromatic rings. The van der Waals surface area contributed by atoms with Gasteiger partial charge in [0.05, 0.1) is 6.04 Å². The molecule has 94 valence electrons. The Hall–Kier alpha value is -1.30. The Morgan fingerprint density at radius 3 is 2.06 bits per heavy atom. The lowest BCUT2D eigenvalue weighted by atomic mass is 10.3. The molecule has 6 nitrogen and oxygen atoms in total. The van der Waals surface area contributed by atoms with Crippen molar-refractivity contribution >= 4 is 11.9 Å². The molecule has 0 saturated heterocycles. The van der Waals surface area contributed by atoms with Crippen molar-refractivity contribution < 1.29 is 9.59 Å². The van der Waals surface area contributed by atoms with Crippen molar-refractivity contribution in [2.75, 3.05) is 41.3 Å². The molecule has 0 aliphatic carbocycles. The van der Waals surface area contributed by atoms with E-state index in [2.05, 4.69) is 10.6 Å². The van der Waals surface area contributed by atoms with E-state index in [9.17, 15) is 9.59 Å². The van der Waals surface area contributed by atoms with Crippen molar-refractivity contribution in [1.29, 1.82) is 0 Å². The summed E-state index contributed by atoms with van der Waals surface area (Å²) in [5.41, 5.74) is 0. The zero-order valence-electron chi connectivity index (χ0n) is 10.7. The molecule has 16 heavy (non-hydrogen) atoms. The van der Waals surface area contributed by atoms with Crippen LogP contribution in [0.15, 0.2) is 0 Å². The Morgan fingerprint density at radius 2 is 1.62 bits per heavy atom. The zero-order valence-corrected chi connectivity index (χ0v) is 10.7. The van der Waals surface area contributed by atoms with Gasteiger partial charge in [0.15, 0.2) is 0 Å². The number of likely N-dealkylation sites (N-methyl/N-ethyl adjacent to an activating group) is 1. The van der Waals surface area contributed by atoms with Crippen molar-refractivity contribution in [1.82, 2.24) is 20.4 Å². The van der Waals surface area contributed by atoms with Gasteiger partial charge in [-0.25, -0.2) is 4.79 Å². The third-order valence-electron chi connectivity index (χ3n) is 2.07. The Morgan fingerprint density at radius 1 is 1.06 bits per heavy atom. The van der Waals surface area contributed by atoms with E-state index in [0.717, 1.165) is 0 Å². The molecule has 0 rings (SSSR count). The van der Waals surface area contributed by atoms with Gasteiger partial charge in [-0.2, -0.15) is 0 Å². The number of rotatable bonds is 5. The average molecular weight is 230 g/mol. The molecule has 0 radical (unpaired) electrons. The van der Waals surface area contributed by atoms with Crippen molar-refractivity contribution in [3.8, 4) is 0 Å². The zero-order chi connectivity index (χ0) is 12.7. The Labute approximate surface area is 97.0 Å². The lowest BCUT2D eigenvalue weighted by Crippen LogP contribution is -2.45. The number of carbonyl (C=O) groups excluding carboxylic acids is 2. The minimum atomic E-state index is -0.230. The molecule has 0 aromatic carbocycles. The molecule has 0 aliphatic rings. The van der Waals surface area contributed by atoms with Crippen LogP contribution in [0.25, 0.3) is 0 Å². The van der Waals surface area contributed by atoms with Gasteiger partial charge in [0.25, 0.3) is 0 Å². The average Bonchev–Trinajstić information content (AvgIpc) is 2.22. The summed E-state index contributed by atoms with van der Waals surface area (Å²) in [6.45, 7) is 2.87. The molecule has 3 amide bonds. The van der Waals surface area contributed by atoms with E-state index < -0.39 is 0 Å². The standard InChI is InChI=1S/C10H22N4O2/c1-8(9(15)13(2)3)11-6-7-12-10(16)14(4)5/h8,11H,6-7H2,1-5H3,(H,12,16). The van der Waals surface area contributed by atoms with Crippen molar-refractivity contribution in [3.63, 3.8) is 0 Å². The van der Waals surface area contributed by atoms with Crippen LogP contribution in [-0.4, -0.2) is 69.1 Å². The lowest BCUT2D eigenvalue weighted by molar-refractivity contribution is -0.130. The van der Waals surface area contributed by atoms with Crippen LogP contribution in [0.4, 0.5) is 4.79 Å². The summed E-state index contributed by atoms with van der Waals surface area (Å²) in [5, 5.41) is 5.74. The summed E-state index contributed by atoms with van der Waals surface area (Å²) in [4.78, 5) is 25.6. The maximum atomic E-state index is 11.4. The molecule has 0 aliphatic heterocycles. The maximum absolute atomic E-state index is 11.4. The number of carbonyl (C=O) groups is 2. The minimum absolute atomic E-state index is 0.0268. The summed E-state index contributed by atoms with van der Waals surface area (Å²) in [7, 11) is 6.80. The molecule has 0 aromatic heterocycles. The van der Waals surface area contributed by atoms with E-state index in [1.807, 2.05) is 0 Å². The number of amides is 3. The van der Waals surface area contributed by atoms with E-state index in [4.69, 9.17) is 0 Å². The van der Waals surface area contributed by atoms with Crippen LogP contribution in [-0.2, 0) is 4.79 Å². The first kappa shape index (κ1) is 14.7. The molecule has 0 heterocycles. The second-order valence-electron chi connectivity index (χ2n) is 4.03. The molecule has 2 N–H and O–H groups in total. The highest BCUT2D eigenvalue weighted by Gasteiger charge is 2.13. The third-order valence-corrected chi connectivity index (χ3v) is 2.07. The predicted molar refractivity (Wildman–Crippen MR) is 63.2 cm³/mol. The van der Waals surface area contributed by atoms with Crippen LogP contribution >= 0.6 is 0 Å². The fraction of sp³-hybridized carbons (Fsp3) is 0.800. The highest BCUT2D eigenvalue weighted by atomic mass is 16.2. The van der Waals surface area contributed by atoms with Crippen LogP contribution in [0.5, 0.6) is 0 Å². The monoisotopic (exact) mass is 230 g/mol. The van der Waals surface area contributed by atoms with Crippen molar-refractivity contribution in [2.24, 2.45) is 0 Å². The molecular weight excluding hydrogens is 208 g/mol. The fourth-order valence-electron chi connectivity index (χ4n) is 1.09. The molecule has 6 heteroatoms. The summed E-state index contributed by atoms with van der Waals surface area (Å²) >= 11 is 0. The second-order valence-corrected chi connectivity index (χ2v) is 4.03. The van der Waals surface area contributed by atoms with E-state index in [-0.39, 0.29) is 18.0 Å². The quantitative estimate of drug-likeness (QED) is 0.615. The van der Waals surface area contributed by atoms with Crippen LogP contribution in [0.2, 0.25) is 0 Å². The number of hydrogen-bond donors (Lipinski definition) is 2. The van der Waals surface area contributed by atoms with E-state index >= 15 is 0 Å². The van der Waals surface area contributed by atoms with Gasteiger partial charge in [0.1, 0.15) is 0 Å². The van der Waals surface area contributed by atoms with Gasteiger partial charge in [0, 0.05) is 41.3 Å². The molecule has 1 atom stereocenters. The summed E-state index contributed by atoms with van der Waals surface area (Å²) in [6.07, 6.45) is 0. The first-order valence-electron chi connectivity index (χ1n) is 5.26. The SMILES string of the molecule is CC(NCCNC(=O)N(C)C)C(=O)N(C)C. The molecule has 1 unspecified atom stereocenters. The smallest absolute Gasteiger partial charge is 0.316 e. The highest BCUT2D eigenvalue weighted by molar-refractivity contribution is 5.80. The second kappa shape index (κ2) is 7.05. The first-order valence-corrected chi connectivity index (χ1v) is 5.26. The highest BCUT2D eigenvalue weighted by Crippen LogP contribution is 1.87. The van der Waals surface area contributed by atoms with E-state index in [1.165, 1.54) is 9.80 Å². The third kappa shape index (κ3) is 5.55. The van der Waals surface area contributed by atoms with E-state index in [1.54, 1.807) is 35.1 Å². The lowest BCUT2D eigenvalue weighted by Gasteiger charge is -2.18. The van der Waals surface area contributed by atoms with Gasteiger partial charge in [-0.15, -0.1) is 0 Å². The van der Waals surface area contributed by atoms with Gasteiger partial charge in [0.2, 0.25) is 5.91 Å². The molecule has 0 spiro atoms. The normalized spacial score (nSPS) is 11.8. The van der Waals surface area contributed by atoms with E-state index in [0.29, 0.717) is 13.1 Å². The largest absolute Gasteiger partial charge is 0.347 e. The number of nitrogens with zero attached hydrogens (tertiary/aromatic N) is 2. The van der Waals surface area contributed by atoms with Gasteiger partial charge >= 0.3 is 6.03 Å². The minimum Gasteiger partial charge on any atom is -0.347 e. The van der Waals surface area contributed by atoms with Gasteiger partial charge in [-0.05, 0) is 6.92 Å². The number of hydrogen-bond acceptors (Lipinski definition) is 3. The van der Waals surface area contributed by atoms with Gasteiger partial charge in [-0.1, -0.05) is 0 Å². The van der Waals surface area contributed by atoms with Crippen molar-refractivity contribution in [2.45, 2.75) is 13.0 Å². The Kier molecular flexibility index (Phi) is 6.48. The fourth-order valence-corrected chi connectivity index (χ4v) is 1.09. The molecular formula is C10H22N4O2. The Bertz CT molecular complexity index is 241. The summed E-state index contributed by atoms with van der Waals surface area (Å²) in [5.74, 6) is 0.0268. The van der Waals surface area contributed by atoms with Gasteiger partial charge < -0.3 is 20.4 Å². The predicted octanol–water partition coefficient (Wildman–Crippen LogP) is -0.676. The van der Waals surface area contributed by atoms with Gasteiger partial charge in [-0.3, -0.25) is 4.79 Å². The molecule has 0 saturated carbocycles. The van der Waals surface area contributed by atoms with Crippen molar-refractivity contribution in [3.05, 3.63) is 0 Å². The van der Waals surface area contributed by atoms with Crippen LogP contribution in [0, 0.1) is 0 Å². The van der Waals surface area contributed by atoms with Crippen LogP contribution in [0.3, 0.4) is 0 Å². The number of nitrogens with one attached hydrogen (secondary N) is 2. The summed E-state index contributed by atoms with van der Waals surface area (Å²) < 4.78 is 0. The topological polar surface area (TPSA) is 64.7 Å². The molecule has 0 fully saturated rings. The van der Waals surface area contributed by atoms with Crippen LogP contribution in [0.1, 0.15) is 6.92 Å². The maximum Gasteiger partial charge on any atom is 0.316 e. The first-order chi connectivity index (χ1) is 7.36. The Balaban J connectivity index is 3.67. The molecule has 0 bridgehead atoms. The van der Waals surface area contributed by atoms with Crippen LogP contribution < -0.4 is 10.6 Å².